The molecular formula is C23H30O2. The number of rotatable bonds is 6. The lowest BCUT2D eigenvalue weighted by Gasteiger charge is -2.27. The van der Waals surface area contributed by atoms with Crippen LogP contribution >= 0.6 is 0 Å². The summed E-state index contributed by atoms with van der Waals surface area (Å²) in [4.78, 5) is 12.7. The molecule has 25 heavy (non-hydrogen) atoms. The number of carbonyl (C=O) groups excluding carboxylic acids is 1. The summed E-state index contributed by atoms with van der Waals surface area (Å²) in [6, 6.07) is 18.2. The molecule has 0 amide bonds. The number of hydrogen-bond acceptors (Lipinski definition) is 2. The van der Waals surface area contributed by atoms with Gasteiger partial charge < -0.3 is 4.74 Å². The first-order chi connectivity index (χ1) is 11.7. The van der Waals surface area contributed by atoms with Gasteiger partial charge in [-0.3, -0.25) is 0 Å². The number of aryl methyl sites for hydroxylation is 1. The number of esters is 1. The van der Waals surface area contributed by atoms with E-state index >= 15 is 0 Å². The Bertz CT molecular complexity index is 694. The van der Waals surface area contributed by atoms with Crippen molar-refractivity contribution in [3.8, 4) is 0 Å². The first kappa shape index (κ1) is 19.2. The zero-order valence-corrected chi connectivity index (χ0v) is 16.1. The van der Waals surface area contributed by atoms with Crippen LogP contribution in [-0.4, -0.2) is 11.6 Å². The van der Waals surface area contributed by atoms with E-state index in [0.29, 0.717) is 5.56 Å². The third-order valence-electron chi connectivity index (χ3n) is 4.41. The molecule has 2 rings (SSSR count). The second-order valence-electron chi connectivity index (χ2n) is 8.28. The molecule has 0 atom stereocenters. The largest absolute Gasteiger partial charge is 0.456 e. The van der Waals surface area contributed by atoms with Crippen molar-refractivity contribution in [3.63, 3.8) is 0 Å². The molecule has 2 aromatic rings. The highest BCUT2D eigenvalue weighted by atomic mass is 16.6. The highest BCUT2D eigenvalue weighted by Gasteiger charge is 2.27. The van der Waals surface area contributed by atoms with Crippen molar-refractivity contribution < 1.29 is 9.53 Å². The topological polar surface area (TPSA) is 26.3 Å². The van der Waals surface area contributed by atoms with Crippen LogP contribution in [0, 0.1) is 0 Å². The van der Waals surface area contributed by atoms with Gasteiger partial charge in [0.15, 0.2) is 0 Å². The van der Waals surface area contributed by atoms with Gasteiger partial charge in [0.2, 0.25) is 0 Å². The van der Waals surface area contributed by atoms with Gasteiger partial charge in [-0.15, -0.1) is 0 Å². The fraction of sp³-hybridized carbons (Fsp3) is 0.435. The Morgan fingerprint density at radius 3 is 2.12 bits per heavy atom. The van der Waals surface area contributed by atoms with Gasteiger partial charge in [0.1, 0.15) is 5.60 Å². The van der Waals surface area contributed by atoms with Gasteiger partial charge in [0, 0.05) is 0 Å². The normalized spacial score (nSPS) is 12.0. The molecule has 0 aliphatic heterocycles. The Kier molecular flexibility index (Phi) is 6.05. The van der Waals surface area contributed by atoms with Gasteiger partial charge in [-0.2, -0.15) is 0 Å². The molecule has 2 nitrogen and oxygen atoms in total. The summed E-state index contributed by atoms with van der Waals surface area (Å²) in [5.41, 5.74) is 2.46. The maximum atomic E-state index is 12.7. The minimum absolute atomic E-state index is 0.0902. The van der Waals surface area contributed by atoms with E-state index in [1.54, 1.807) is 0 Å². The number of ether oxygens (including phenoxy) is 1. The van der Waals surface area contributed by atoms with Crippen LogP contribution in [-0.2, 0) is 16.6 Å². The number of carbonyl (C=O) groups is 1. The molecule has 2 aromatic carbocycles. The molecule has 0 N–H and O–H groups in total. The molecule has 0 spiro atoms. The van der Waals surface area contributed by atoms with Crippen molar-refractivity contribution in [2.24, 2.45) is 0 Å². The average Bonchev–Trinajstić information content (AvgIpc) is 2.54. The lowest BCUT2D eigenvalue weighted by Crippen LogP contribution is -2.29. The third kappa shape index (κ3) is 5.74. The first-order valence-corrected chi connectivity index (χ1v) is 9.06. The molecule has 0 saturated carbocycles. The summed E-state index contributed by atoms with van der Waals surface area (Å²) < 4.78 is 5.86. The molecule has 0 saturated heterocycles. The smallest absolute Gasteiger partial charge is 0.338 e. The molecule has 2 heteroatoms. The van der Waals surface area contributed by atoms with E-state index in [9.17, 15) is 4.79 Å². The van der Waals surface area contributed by atoms with E-state index in [1.807, 2.05) is 44.2 Å². The van der Waals surface area contributed by atoms with Crippen molar-refractivity contribution >= 4 is 5.97 Å². The van der Waals surface area contributed by atoms with Crippen molar-refractivity contribution in [1.29, 1.82) is 0 Å². The second-order valence-corrected chi connectivity index (χ2v) is 8.28. The average molecular weight is 338 g/mol. The van der Waals surface area contributed by atoms with Crippen molar-refractivity contribution in [2.75, 3.05) is 0 Å². The van der Waals surface area contributed by atoms with Crippen molar-refractivity contribution in [1.82, 2.24) is 0 Å². The standard InChI is InChI=1S/C23H30O2/c1-22(2,3)20-16-10-9-15-19(20)21(24)25-23(4,5)17-11-14-18-12-7-6-8-13-18/h6-10,12-13,15-16H,11,14,17H2,1-5H3. The molecule has 0 bridgehead atoms. The van der Waals surface area contributed by atoms with Gasteiger partial charge in [0.05, 0.1) is 5.56 Å². The maximum Gasteiger partial charge on any atom is 0.338 e. The summed E-state index contributed by atoms with van der Waals surface area (Å²) in [7, 11) is 0. The molecule has 0 aliphatic carbocycles. The van der Waals surface area contributed by atoms with Gasteiger partial charge in [0.25, 0.3) is 0 Å². The molecule has 134 valence electrons. The lowest BCUT2D eigenvalue weighted by atomic mass is 9.84. The van der Waals surface area contributed by atoms with Crippen LogP contribution in [0.2, 0.25) is 0 Å². The van der Waals surface area contributed by atoms with E-state index in [0.717, 1.165) is 24.8 Å². The lowest BCUT2D eigenvalue weighted by molar-refractivity contribution is -0.00544. The molecular weight excluding hydrogens is 308 g/mol. The molecule has 0 aromatic heterocycles. The van der Waals surface area contributed by atoms with E-state index in [2.05, 4.69) is 45.0 Å². The summed E-state index contributed by atoms with van der Waals surface area (Å²) in [5.74, 6) is -0.227. The van der Waals surface area contributed by atoms with Gasteiger partial charge in [-0.1, -0.05) is 69.3 Å². The van der Waals surface area contributed by atoms with Gasteiger partial charge in [-0.25, -0.2) is 4.79 Å². The Hall–Kier alpha value is -2.09. The monoisotopic (exact) mass is 338 g/mol. The van der Waals surface area contributed by atoms with E-state index in [-0.39, 0.29) is 11.4 Å². The Morgan fingerprint density at radius 1 is 0.880 bits per heavy atom. The number of hydrogen-bond donors (Lipinski definition) is 0. The molecule has 0 fully saturated rings. The number of benzene rings is 2. The van der Waals surface area contributed by atoms with Crippen LogP contribution in [0.1, 0.15) is 68.9 Å². The van der Waals surface area contributed by atoms with E-state index in [1.165, 1.54) is 5.56 Å². The maximum absolute atomic E-state index is 12.7. The molecule has 0 aliphatic rings. The van der Waals surface area contributed by atoms with Crippen molar-refractivity contribution in [3.05, 3.63) is 71.3 Å². The fourth-order valence-electron chi connectivity index (χ4n) is 3.03. The third-order valence-corrected chi connectivity index (χ3v) is 4.41. The predicted molar refractivity (Wildman–Crippen MR) is 104 cm³/mol. The fourth-order valence-corrected chi connectivity index (χ4v) is 3.03. The van der Waals surface area contributed by atoms with Crippen LogP contribution in [0.4, 0.5) is 0 Å². The van der Waals surface area contributed by atoms with Crippen LogP contribution in [0.15, 0.2) is 54.6 Å². The molecule has 0 unspecified atom stereocenters. The van der Waals surface area contributed by atoms with Gasteiger partial charge in [-0.05, 0) is 55.7 Å². The quantitative estimate of drug-likeness (QED) is 0.609. The van der Waals surface area contributed by atoms with Crippen LogP contribution < -0.4 is 0 Å². The molecule has 0 heterocycles. The van der Waals surface area contributed by atoms with Crippen LogP contribution in [0.5, 0.6) is 0 Å². The van der Waals surface area contributed by atoms with Crippen LogP contribution in [0.3, 0.4) is 0 Å². The van der Waals surface area contributed by atoms with E-state index in [4.69, 9.17) is 4.74 Å². The highest BCUT2D eigenvalue weighted by molar-refractivity contribution is 5.91. The zero-order chi connectivity index (χ0) is 18.5. The minimum atomic E-state index is -0.475. The van der Waals surface area contributed by atoms with Crippen LogP contribution in [0.25, 0.3) is 0 Å². The summed E-state index contributed by atoms with van der Waals surface area (Å²) >= 11 is 0. The van der Waals surface area contributed by atoms with E-state index < -0.39 is 5.60 Å². The SMILES string of the molecule is CC(C)(CCCc1ccccc1)OC(=O)c1ccccc1C(C)(C)C. The second kappa shape index (κ2) is 7.86. The van der Waals surface area contributed by atoms with Crippen molar-refractivity contribution in [2.45, 2.75) is 64.9 Å². The zero-order valence-electron chi connectivity index (χ0n) is 16.1. The Balaban J connectivity index is 1.99. The summed E-state index contributed by atoms with van der Waals surface area (Å²) in [6.45, 7) is 10.3. The molecule has 0 radical (unpaired) electrons. The summed E-state index contributed by atoms with van der Waals surface area (Å²) in [5, 5.41) is 0. The first-order valence-electron chi connectivity index (χ1n) is 9.06. The predicted octanol–water partition coefficient (Wildman–Crippen LogP) is 5.94. The Labute approximate surface area is 152 Å². The highest BCUT2D eigenvalue weighted by Crippen LogP contribution is 2.28. The minimum Gasteiger partial charge on any atom is -0.456 e. The summed E-state index contributed by atoms with van der Waals surface area (Å²) in [6.07, 6.45) is 2.83. The van der Waals surface area contributed by atoms with Gasteiger partial charge >= 0.3 is 5.97 Å². The Morgan fingerprint density at radius 2 is 1.48 bits per heavy atom.